The Bertz CT molecular complexity index is 4390. The molecular formula is C84H114F2N8O20S2. The highest BCUT2D eigenvalue weighted by Crippen LogP contribution is 2.59. The van der Waals surface area contributed by atoms with E-state index in [2.05, 4.69) is 33.3 Å². The van der Waals surface area contributed by atoms with Gasteiger partial charge in [0.25, 0.3) is 0 Å². The quantitative estimate of drug-likeness (QED) is 0.0545. The first-order valence-corrected chi connectivity index (χ1v) is 43.3. The number of fused-ring (bicyclic) bond motifs is 6. The minimum atomic E-state index is -4.36. The molecule has 0 unspecified atom stereocenters. The normalized spacial score (nSPS) is 29.3. The highest BCUT2D eigenvalue weighted by molar-refractivity contribution is 7.92. The number of amides is 4. The van der Waals surface area contributed by atoms with Crippen LogP contribution in [0.25, 0.3) is 22.1 Å². The summed E-state index contributed by atoms with van der Waals surface area (Å²) in [6, 6.07) is 8.37. The fraction of sp³-hybridized carbons (Fsp3) is 0.667. The van der Waals surface area contributed by atoms with Crippen molar-refractivity contribution in [1.29, 1.82) is 0 Å². The molecule has 4 aliphatic carbocycles. The number of alkyl halides is 2. The van der Waals surface area contributed by atoms with Gasteiger partial charge in [0.1, 0.15) is 69.1 Å². The molecule has 6 fully saturated rings. The highest BCUT2D eigenvalue weighted by Gasteiger charge is 2.66. The van der Waals surface area contributed by atoms with E-state index in [1.165, 1.54) is 9.80 Å². The van der Waals surface area contributed by atoms with Crippen LogP contribution >= 0.6 is 0 Å². The first-order chi connectivity index (χ1) is 54.7. The van der Waals surface area contributed by atoms with Crippen molar-refractivity contribution < 1.29 is 102 Å². The number of halogens is 2. The van der Waals surface area contributed by atoms with Crippen molar-refractivity contribution in [2.45, 2.75) is 230 Å². The summed E-state index contributed by atoms with van der Waals surface area (Å²) in [6.45, 7) is 16.2. The summed E-state index contributed by atoms with van der Waals surface area (Å²) in [5, 5.41) is 0. The molecule has 12 rings (SSSR count). The lowest BCUT2D eigenvalue weighted by molar-refractivity contribution is -0.161. The third kappa shape index (κ3) is 20.1. The number of sulfonamides is 2. The number of Topliss-reactive ketones (excluding diaryl/α,β-unsaturated/α-hetero) is 2. The van der Waals surface area contributed by atoms with Gasteiger partial charge in [0, 0.05) is 65.2 Å². The van der Waals surface area contributed by atoms with E-state index >= 15 is 9.59 Å². The fourth-order valence-electron chi connectivity index (χ4n) is 17.0. The Labute approximate surface area is 678 Å². The molecule has 2 N–H and O–H groups in total. The molecule has 4 aliphatic heterocycles. The smallest absolute Gasteiger partial charge is 0.307 e. The minimum Gasteiger partial charge on any atom is -0.497 e. The van der Waals surface area contributed by atoms with Crippen LogP contribution in [-0.4, -0.2) is 207 Å². The average molecular weight is 1660 g/mol. The Morgan fingerprint density at radius 1 is 0.543 bits per heavy atom. The van der Waals surface area contributed by atoms with E-state index in [0.717, 1.165) is 12.8 Å². The number of nitrogens with one attached hydrogen (secondary N) is 2. The number of rotatable bonds is 22. The maximum absolute atomic E-state index is 15.1. The number of nitrogens with zero attached hydrogens (tertiary/aromatic N) is 6. The first-order valence-electron chi connectivity index (χ1n) is 40.3. The topological polar surface area (TPSA) is 361 Å². The maximum Gasteiger partial charge on any atom is 0.307 e. The van der Waals surface area contributed by atoms with Gasteiger partial charge in [-0.15, -0.1) is 0 Å². The molecule has 28 nitrogen and oxygen atoms in total. The second-order valence-corrected chi connectivity index (χ2v) is 39.7. The molecule has 2 saturated heterocycles. The van der Waals surface area contributed by atoms with E-state index < -0.39 is 172 Å². The van der Waals surface area contributed by atoms with E-state index in [0.29, 0.717) is 70.6 Å². The lowest BCUT2D eigenvalue weighted by Gasteiger charge is -2.33. The van der Waals surface area contributed by atoms with Crippen molar-refractivity contribution in [3.05, 3.63) is 72.1 Å². The molecule has 2 aromatic carbocycles. The number of esters is 2. The summed E-state index contributed by atoms with van der Waals surface area (Å²) in [5.74, 6) is -6.43. The van der Waals surface area contributed by atoms with Crippen molar-refractivity contribution in [3.8, 4) is 23.3 Å². The third-order valence-corrected chi connectivity index (χ3v) is 28.4. The molecule has 4 saturated carbocycles. The maximum atomic E-state index is 15.1. The zero-order valence-corrected chi connectivity index (χ0v) is 70.7. The summed E-state index contributed by atoms with van der Waals surface area (Å²) < 4.78 is 128. The van der Waals surface area contributed by atoms with E-state index in [1.54, 1.807) is 120 Å². The molecule has 14 atom stereocenters. The van der Waals surface area contributed by atoms with Crippen LogP contribution < -0.4 is 28.4 Å². The summed E-state index contributed by atoms with van der Waals surface area (Å²) in [7, 11) is -2.54. The Hall–Kier alpha value is -8.36. The molecule has 636 valence electrons. The Morgan fingerprint density at radius 2 is 0.914 bits per heavy atom. The number of benzene rings is 2. The van der Waals surface area contributed by atoms with Crippen LogP contribution in [0.4, 0.5) is 8.78 Å². The Kier molecular flexibility index (Phi) is 26.9. The SMILES string of the molecule is COC[C@@H]1C[C@@H](C)CC/C=C\[C@@H]2C[C@@]2(C(=O)NS(=O)(=O)C2(CF)CC2)CC(=O)[C@@H]2C[C@@H](Oc3nc4cc(OC)ccc4nc3C)CN2C(=O)[C@H]1CC(=O)OC(C)(C)C.COC[C@@H]1C[C@H](C)CC/C=C\[C@@H]2C[C@@]2(C(=O)NS(=O)(=O)C2(CF)CC2)CC(=O)[C@@H]2C[C@@H](Oc3nc4cc(OC)ccc4nc3C)CN2C(=O)[C@H]1CC(=O)OC(C)(C)C. The predicted molar refractivity (Wildman–Crippen MR) is 424 cm³/mol. The number of carbonyl (C=O) groups excluding carboxylic acids is 8. The first kappa shape index (κ1) is 88.5. The largest absolute Gasteiger partial charge is 0.497 e. The van der Waals surface area contributed by atoms with E-state index in [9.17, 15) is 54.4 Å². The second kappa shape index (κ2) is 35.3. The van der Waals surface area contributed by atoms with Crippen LogP contribution in [0.5, 0.6) is 23.3 Å². The number of carbonyl (C=O) groups is 8. The molecule has 0 radical (unpaired) electrons. The molecule has 0 spiro atoms. The van der Waals surface area contributed by atoms with Crippen molar-refractivity contribution >= 4 is 89.2 Å². The number of hydrogen-bond acceptors (Lipinski definition) is 24. The third-order valence-electron chi connectivity index (χ3n) is 24.2. The summed E-state index contributed by atoms with van der Waals surface area (Å²) in [5.41, 5.74) is -1.19. The number of hydrogen-bond donors (Lipinski definition) is 2. The number of aryl methyl sites for hydroxylation is 2. The monoisotopic (exact) mass is 1660 g/mol. The number of ether oxygens (including phenoxy) is 8. The van der Waals surface area contributed by atoms with Gasteiger partial charge in [-0.05, 0) is 192 Å². The number of allylic oxidation sites excluding steroid dienone is 4. The summed E-state index contributed by atoms with van der Waals surface area (Å²) >= 11 is 0. The van der Waals surface area contributed by atoms with Crippen molar-refractivity contribution in [2.75, 3.05) is 68.1 Å². The molecule has 0 bridgehead atoms. The van der Waals surface area contributed by atoms with Crippen LogP contribution in [0.2, 0.25) is 0 Å². The zero-order valence-electron chi connectivity index (χ0n) is 69.1. The second-order valence-electron chi connectivity index (χ2n) is 35.5. The Morgan fingerprint density at radius 3 is 1.24 bits per heavy atom. The molecule has 116 heavy (non-hydrogen) atoms. The van der Waals surface area contributed by atoms with Crippen molar-refractivity contribution in [2.24, 2.45) is 58.2 Å². The van der Waals surface area contributed by atoms with Crippen LogP contribution in [0.15, 0.2) is 60.7 Å². The average Bonchev–Trinajstić information content (AvgIpc) is 1.57. The van der Waals surface area contributed by atoms with Crippen LogP contribution in [0.3, 0.4) is 0 Å². The van der Waals surface area contributed by atoms with Gasteiger partial charge in [0.2, 0.25) is 55.4 Å². The van der Waals surface area contributed by atoms with Gasteiger partial charge >= 0.3 is 11.9 Å². The molecule has 32 heteroatoms. The number of ketones is 2. The lowest BCUT2D eigenvalue weighted by atomic mass is 9.81. The number of methoxy groups -OCH3 is 4. The van der Waals surface area contributed by atoms with E-state index in [4.69, 9.17) is 47.9 Å². The lowest BCUT2D eigenvalue weighted by Crippen LogP contribution is -2.49. The standard InChI is InChI=1S/2C42H57FN4O10S/c2*1-25-10-8-9-11-28-20-42(28,39(51)46-58(52,53)41(24-43)14-15-41)21-35(48)34-18-30(56-37-26(2)44-32-13-12-29(55-7)17-33(32)45-37)22-47(34)38(50)31(27(16-25)23-54-6)19-36(49)57-40(3,4)5/h2*9,11-13,17,25,27-28,30-31,34H,8,10,14-16,18-24H2,1-7H3,(H,46,51)/b2*11-9-/t25-,27+,28-,30-,31+,34+,42-;25-,27-,28+,30+,31-,34-,42+/m10/s1. The van der Waals surface area contributed by atoms with Gasteiger partial charge in [0.05, 0.1) is 97.0 Å². The van der Waals surface area contributed by atoms with Crippen molar-refractivity contribution in [1.82, 2.24) is 39.2 Å². The van der Waals surface area contributed by atoms with Crippen molar-refractivity contribution in [3.63, 3.8) is 0 Å². The van der Waals surface area contributed by atoms with E-state index in [1.807, 2.05) is 24.3 Å². The van der Waals surface area contributed by atoms with Gasteiger partial charge in [-0.1, -0.05) is 38.2 Å². The van der Waals surface area contributed by atoms with Gasteiger partial charge in [0.15, 0.2) is 11.6 Å². The van der Waals surface area contributed by atoms with Gasteiger partial charge in [-0.2, -0.15) is 0 Å². The van der Waals surface area contributed by atoms with Gasteiger partial charge in [-0.25, -0.2) is 45.6 Å². The molecule has 4 amide bonds. The van der Waals surface area contributed by atoms with E-state index in [-0.39, 0.29) is 127 Å². The molecule has 6 heterocycles. The Balaban J connectivity index is 0.000000228. The number of aromatic nitrogens is 4. The van der Waals surface area contributed by atoms with Gasteiger partial charge < -0.3 is 47.7 Å². The molecule has 4 aromatic rings. The summed E-state index contributed by atoms with van der Waals surface area (Å²) in [4.78, 5) is 136. The summed E-state index contributed by atoms with van der Waals surface area (Å²) in [6.07, 6.45) is 9.62. The minimum absolute atomic E-state index is 0.0355. The predicted octanol–water partition coefficient (Wildman–Crippen LogP) is 10.4. The molecule has 2 aromatic heterocycles. The van der Waals surface area contributed by atoms with Crippen LogP contribution in [-0.2, 0) is 77.4 Å². The van der Waals surface area contributed by atoms with Crippen LogP contribution in [0.1, 0.15) is 182 Å². The molecule has 8 aliphatic rings. The van der Waals surface area contributed by atoms with Crippen LogP contribution in [0, 0.1) is 72.0 Å². The zero-order chi connectivity index (χ0) is 84.4. The highest BCUT2D eigenvalue weighted by atomic mass is 32.2. The fourth-order valence-corrected chi connectivity index (χ4v) is 19.9. The van der Waals surface area contributed by atoms with Gasteiger partial charge in [-0.3, -0.25) is 47.8 Å². The molecular weight excluding hydrogens is 1540 g/mol.